The molecular formula is C27H22N2O3. The molecule has 0 spiro atoms. The van der Waals surface area contributed by atoms with Crippen LogP contribution < -0.4 is 5.32 Å². The summed E-state index contributed by atoms with van der Waals surface area (Å²) in [5, 5.41) is 4.12. The summed E-state index contributed by atoms with van der Waals surface area (Å²) in [5.74, 6) is 1.84. The second-order valence-corrected chi connectivity index (χ2v) is 7.58. The number of rotatable bonds is 7. The largest absolute Gasteiger partial charge is 0.459 e. The predicted octanol–water partition coefficient (Wildman–Crippen LogP) is 5.93. The van der Waals surface area contributed by atoms with Gasteiger partial charge in [0.05, 0.1) is 6.20 Å². The molecule has 0 saturated carbocycles. The Morgan fingerprint density at radius 3 is 2.38 bits per heavy atom. The summed E-state index contributed by atoms with van der Waals surface area (Å²) >= 11 is 0. The molecule has 2 aromatic heterocycles. The quantitative estimate of drug-likeness (QED) is 0.353. The molecule has 3 aromatic carbocycles. The van der Waals surface area contributed by atoms with Crippen LogP contribution >= 0.6 is 0 Å². The predicted molar refractivity (Wildman–Crippen MR) is 123 cm³/mol. The molecule has 0 bridgehead atoms. The van der Waals surface area contributed by atoms with E-state index >= 15 is 0 Å². The molecule has 0 aliphatic heterocycles. The lowest BCUT2D eigenvalue weighted by atomic mass is 10.0. The molecule has 1 amide bonds. The minimum Gasteiger partial charge on any atom is -0.459 e. The molecular weight excluding hydrogens is 400 g/mol. The molecule has 0 aliphatic rings. The van der Waals surface area contributed by atoms with Crippen molar-refractivity contribution in [3.05, 3.63) is 114 Å². The lowest BCUT2D eigenvalue weighted by molar-refractivity contribution is -0.121. The third kappa shape index (κ3) is 4.32. The van der Waals surface area contributed by atoms with Gasteiger partial charge in [-0.1, -0.05) is 78.9 Å². The molecule has 5 aromatic rings. The maximum atomic E-state index is 12.8. The van der Waals surface area contributed by atoms with E-state index in [1.54, 1.807) is 6.20 Å². The number of aromatic nitrogens is 1. The van der Waals surface area contributed by atoms with E-state index < -0.39 is 0 Å². The summed E-state index contributed by atoms with van der Waals surface area (Å²) in [5.41, 5.74) is 2.72. The van der Waals surface area contributed by atoms with Crippen molar-refractivity contribution in [2.45, 2.75) is 18.9 Å². The van der Waals surface area contributed by atoms with Gasteiger partial charge in [0, 0.05) is 23.8 Å². The van der Waals surface area contributed by atoms with Gasteiger partial charge in [0.15, 0.2) is 11.7 Å². The van der Waals surface area contributed by atoms with Crippen LogP contribution in [-0.4, -0.2) is 10.9 Å². The van der Waals surface area contributed by atoms with Gasteiger partial charge < -0.3 is 14.2 Å². The first-order chi connectivity index (χ1) is 15.8. The Labute approximate surface area is 185 Å². The molecule has 1 N–H and O–H groups in total. The van der Waals surface area contributed by atoms with Crippen molar-refractivity contribution in [3.63, 3.8) is 0 Å². The van der Waals surface area contributed by atoms with Gasteiger partial charge in [-0.05, 0) is 17.7 Å². The Balaban J connectivity index is 1.30. The van der Waals surface area contributed by atoms with E-state index in [-0.39, 0.29) is 18.4 Å². The molecule has 158 valence electrons. The fourth-order valence-electron chi connectivity index (χ4n) is 3.72. The highest BCUT2D eigenvalue weighted by Gasteiger charge is 2.21. The van der Waals surface area contributed by atoms with Crippen molar-refractivity contribution in [2.75, 3.05) is 0 Å². The Hall–Kier alpha value is -4.12. The highest BCUT2D eigenvalue weighted by molar-refractivity contribution is 5.79. The van der Waals surface area contributed by atoms with Crippen molar-refractivity contribution in [1.29, 1.82) is 0 Å². The first-order valence-corrected chi connectivity index (χ1v) is 10.6. The fraction of sp³-hybridized carbons (Fsp3) is 0.111. The third-order valence-electron chi connectivity index (χ3n) is 5.35. The SMILES string of the molecule is O=C(CCc1ncc(-c2ccccc2)o1)NC(c1ccccc1)c1cc2ccccc2o1. The number of para-hydroxylation sites is 1. The number of benzene rings is 3. The Morgan fingerprint density at radius 1 is 0.875 bits per heavy atom. The molecule has 1 atom stereocenters. The summed E-state index contributed by atoms with van der Waals surface area (Å²) in [4.78, 5) is 17.2. The van der Waals surface area contributed by atoms with Crippen LogP contribution in [-0.2, 0) is 11.2 Å². The zero-order valence-corrected chi connectivity index (χ0v) is 17.4. The van der Waals surface area contributed by atoms with Crippen molar-refractivity contribution in [1.82, 2.24) is 10.3 Å². The number of nitrogens with zero attached hydrogens (tertiary/aromatic N) is 1. The monoisotopic (exact) mass is 422 g/mol. The number of hydrogen-bond acceptors (Lipinski definition) is 4. The number of oxazole rings is 1. The van der Waals surface area contributed by atoms with E-state index in [1.165, 1.54) is 0 Å². The first kappa shape index (κ1) is 19.8. The fourth-order valence-corrected chi connectivity index (χ4v) is 3.72. The average Bonchev–Trinajstić information content (AvgIpc) is 3.49. The number of nitrogens with one attached hydrogen (secondary N) is 1. The maximum absolute atomic E-state index is 12.8. The van der Waals surface area contributed by atoms with E-state index in [2.05, 4.69) is 10.3 Å². The van der Waals surface area contributed by atoms with Crippen LogP contribution in [0.15, 0.2) is 106 Å². The molecule has 1 unspecified atom stereocenters. The van der Waals surface area contributed by atoms with Crippen LogP contribution in [0.5, 0.6) is 0 Å². The van der Waals surface area contributed by atoms with Crippen LogP contribution in [0.4, 0.5) is 0 Å². The molecule has 5 nitrogen and oxygen atoms in total. The number of hydrogen-bond donors (Lipinski definition) is 1. The lowest BCUT2D eigenvalue weighted by Gasteiger charge is -2.17. The van der Waals surface area contributed by atoms with Gasteiger partial charge in [0.1, 0.15) is 17.4 Å². The van der Waals surface area contributed by atoms with Crippen LogP contribution in [0.3, 0.4) is 0 Å². The summed E-state index contributed by atoms with van der Waals surface area (Å²) in [6.45, 7) is 0. The molecule has 5 heteroatoms. The molecule has 2 heterocycles. The first-order valence-electron chi connectivity index (χ1n) is 10.6. The van der Waals surface area contributed by atoms with Crippen LogP contribution in [0, 0.1) is 0 Å². The normalized spacial score (nSPS) is 12.0. The van der Waals surface area contributed by atoms with E-state index in [4.69, 9.17) is 8.83 Å². The molecule has 0 fully saturated rings. The Morgan fingerprint density at radius 2 is 1.59 bits per heavy atom. The van der Waals surface area contributed by atoms with Crippen LogP contribution in [0.25, 0.3) is 22.3 Å². The second-order valence-electron chi connectivity index (χ2n) is 7.58. The van der Waals surface area contributed by atoms with Gasteiger partial charge in [-0.3, -0.25) is 4.79 Å². The smallest absolute Gasteiger partial charge is 0.221 e. The topological polar surface area (TPSA) is 68.3 Å². The Bertz CT molecular complexity index is 1290. The number of carbonyl (C=O) groups is 1. The summed E-state index contributed by atoms with van der Waals surface area (Å²) in [6.07, 6.45) is 2.38. The van der Waals surface area contributed by atoms with Gasteiger partial charge in [0.2, 0.25) is 5.91 Å². The van der Waals surface area contributed by atoms with Gasteiger partial charge >= 0.3 is 0 Å². The molecule has 0 aliphatic carbocycles. The van der Waals surface area contributed by atoms with E-state index in [9.17, 15) is 4.79 Å². The highest BCUT2D eigenvalue weighted by atomic mass is 16.4. The molecule has 0 radical (unpaired) electrons. The van der Waals surface area contributed by atoms with Crippen LogP contribution in [0.2, 0.25) is 0 Å². The van der Waals surface area contributed by atoms with Gasteiger partial charge in [-0.2, -0.15) is 0 Å². The van der Waals surface area contributed by atoms with Gasteiger partial charge in [-0.15, -0.1) is 0 Å². The number of furan rings is 1. The number of carbonyl (C=O) groups excluding carboxylic acids is 1. The summed E-state index contributed by atoms with van der Waals surface area (Å²) < 4.78 is 11.9. The lowest BCUT2D eigenvalue weighted by Crippen LogP contribution is -2.29. The highest BCUT2D eigenvalue weighted by Crippen LogP contribution is 2.28. The number of aryl methyl sites for hydroxylation is 1. The summed E-state index contributed by atoms with van der Waals surface area (Å²) in [7, 11) is 0. The van der Waals surface area contributed by atoms with Crippen molar-refractivity contribution < 1.29 is 13.6 Å². The maximum Gasteiger partial charge on any atom is 0.221 e. The summed E-state index contributed by atoms with van der Waals surface area (Å²) in [6, 6.07) is 29.1. The Kier molecular flexibility index (Phi) is 5.54. The standard InChI is InChI=1S/C27H22N2O3/c30-25(15-16-26-28-18-24(32-26)19-9-3-1-4-10-19)29-27(20-11-5-2-6-12-20)23-17-21-13-7-8-14-22(21)31-23/h1-14,17-18,27H,15-16H2,(H,29,30). The molecule has 0 saturated heterocycles. The van der Waals surface area contributed by atoms with Gasteiger partial charge in [-0.25, -0.2) is 4.98 Å². The van der Waals surface area contributed by atoms with Crippen molar-refractivity contribution in [3.8, 4) is 11.3 Å². The molecule has 5 rings (SSSR count). The molecule has 32 heavy (non-hydrogen) atoms. The van der Waals surface area contributed by atoms with Crippen LogP contribution in [0.1, 0.15) is 29.7 Å². The van der Waals surface area contributed by atoms with E-state index in [1.807, 2.05) is 91.0 Å². The zero-order valence-electron chi connectivity index (χ0n) is 17.4. The zero-order chi connectivity index (χ0) is 21.8. The number of amides is 1. The van der Waals surface area contributed by atoms with E-state index in [0.717, 1.165) is 22.1 Å². The van der Waals surface area contributed by atoms with Crippen molar-refractivity contribution in [2.24, 2.45) is 0 Å². The van der Waals surface area contributed by atoms with E-state index in [0.29, 0.717) is 23.8 Å². The number of fused-ring (bicyclic) bond motifs is 1. The third-order valence-corrected chi connectivity index (χ3v) is 5.35. The minimum absolute atomic E-state index is 0.0984. The minimum atomic E-state index is -0.375. The average molecular weight is 422 g/mol. The van der Waals surface area contributed by atoms with Gasteiger partial charge in [0.25, 0.3) is 0 Å². The second kappa shape index (κ2) is 8.94. The van der Waals surface area contributed by atoms with Crippen molar-refractivity contribution >= 4 is 16.9 Å².